The quantitative estimate of drug-likeness (QED) is 0.146. The smallest absolute Gasteiger partial charge is 0.407 e. The number of piperidine rings is 1. The summed E-state index contributed by atoms with van der Waals surface area (Å²) in [6.07, 6.45) is 5.90. The van der Waals surface area contributed by atoms with Gasteiger partial charge in [-0.05, 0) is 108 Å². The van der Waals surface area contributed by atoms with Gasteiger partial charge in [-0.3, -0.25) is 14.6 Å². The summed E-state index contributed by atoms with van der Waals surface area (Å²) in [5.74, 6) is 1.51. The number of fused-ring (bicyclic) bond motifs is 6. The van der Waals surface area contributed by atoms with Crippen molar-refractivity contribution >= 4 is 35.4 Å². The van der Waals surface area contributed by atoms with E-state index in [0.717, 1.165) is 99.7 Å². The van der Waals surface area contributed by atoms with E-state index in [0.29, 0.717) is 25.5 Å². The molecule has 3 fully saturated rings. The number of imidazole rings is 1. The molecule has 6 atom stereocenters. The van der Waals surface area contributed by atoms with E-state index in [-0.39, 0.29) is 41.8 Å². The number of hydrogen-bond acceptors (Lipinski definition) is 9. The molecule has 2 bridgehead atoms. The van der Waals surface area contributed by atoms with Gasteiger partial charge in [-0.15, -0.1) is 0 Å². The molecule has 1 aromatic heterocycles. The molecule has 324 valence electrons. The van der Waals surface area contributed by atoms with Crippen LogP contribution in [-0.4, -0.2) is 94.4 Å². The van der Waals surface area contributed by atoms with E-state index in [4.69, 9.17) is 24.2 Å². The highest BCUT2D eigenvalue weighted by molar-refractivity contribution is 6.02. The molecule has 9 rings (SSSR count). The zero-order valence-electron chi connectivity index (χ0n) is 36.2. The number of ether oxygens (including phenoxy) is 3. The highest BCUT2D eigenvalue weighted by Gasteiger charge is 2.52. The molecule has 3 N–H and O–H groups in total. The maximum absolute atomic E-state index is 14.1. The SMILES string of the molecule is COC(=O)N[C@H](C(=O)N1CCC[C@H]1c1ncc(-c2ccc3c(c2)COc2cc(-c4ccc5c(c4)CC([C@@H]4[C@H]6CC[C@H](C6)N4C(=O)[C@@H](NC(=O)OC)C(C)C)=N5)ccc2-3)[nH]1)C(C)C. The average molecular weight is 842 g/mol. The number of nitrogens with one attached hydrogen (secondary N) is 3. The summed E-state index contributed by atoms with van der Waals surface area (Å²) in [4.78, 5) is 69.1. The third-order valence-electron chi connectivity index (χ3n) is 13.5. The van der Waals surface area contributed by atoms with Crippen LogP contribution in [0.3, 0.4) is 0 Å². The molecule has 5 aliphatic rings. The number of nitrogens with zero attached hydrogens (tertiary/aromatic N) is 4. The minimum atomic E-state index is -0.694. The summed E-state index contributed by atoms with van der Waals surface area (Å²) in [5, 5.41) is 5.50. The lowest BCUT2D eigenvalue weighted by molar-refractivity contribution is -0.137. The van der Waals surface area contributed by atoms with Crippen LogP contribution in [-0.2, 0) is 32.1 Å². The number of benzene rings is 3. The highest BCUT2D eigenvalue weighted by atomic mass is 16.5. The Bertz CT molecular complexity index is 2460. The summed E-state index contributed by atoms with van der Waals surface area (Å²) in [6, 6.07) is 17.6. The molecule has 1 aliphatic carbocycles. The summed E-state index contributed by atoms with van der Waals surface area (Å²) < 4.78 is 16.0. The number of carbonyl (C=O) groups excluding carboxylic acids is 4. The van der Waals surface area contributed by atoms with Crippen LogP contribution in [0.5, 0.6) is 5.75 Å². The largest absolute Gasteiger partial charge is 0.488 e. The van der Waals surface area contributed by atoms with Gasteiger partial charge in [-0.25, -0.2) is 14.6 Å². The van der Waals surface area contributed by atoms with Gasteiger partial charge < -0.3 is 39.6 Å². The van der Waals surface area contributed by atoms with E-state index in [2.05, 4.69) is 70.2 Å². The third kappa shape index (κ3) is 7.47. The first-order valence-corrected chi connectivity index (χ1v) is 21.9. The van der Waals surface area contributed by atoms with E-state index in [9.17, 15) is 19.2 Å². The molecule has 4 aromatic rings. The lowest BCUT2D eigenvalue weighted by atomic mass is 9.90. The summed E-state index contributed by atoms with van der Waals surface area (Å²) in [5.41, 5.74) is 10.3. The summed E-state index contributed by atoms with van der Waals surface area (Å²) in [6.45, 7) is 8.71. The number of rotatable bonds is 10. The Morgan fingerprint density at radius 1 is 0.806 bits per heavy atom. The number of carbonyl (C=O) groups is 4. The van der Waals surface area contributed by atoms with E-state index in [1.54, 1.807) is 0 Å². The molecular formula is C48H55N7O7. The van der Waals surface area contributed by atoms with Crippen molar-refractivity contribution in [3.05, 3.63) is 77.7 Å². The fraction of sp³-hybridized carbons (Fsp3) is 0.458. The lowest BCUT2D eigenvalue weighted by Crippen LogP contribution is -2.57. The maximum Gasteiger partial charge on any atom is 0.407 e. The van der Waals surface area contributed by atoms with Crippen molar-refractivity contribution in [2.24, 2.45) is 22.7 Å². The van der Waals surface area contributed by atoms with Gasteiger partial charge in [0.05, 0.1) is 43.9 Å². The van der Waals surface area contributed by atoms with Crippen LogP contribution in [0.15, 0.2) is 65.8 Å². The number of hydrogen-bond donors (Lipinski definition) is 3. The molecule has 4 amide bonds. The second kappa shape index (κ2) is 16.6. The molecule has 5 heterocycles. The summed E-state index contributed by atoms with van der Waals surface area (Å²) in [7, 11) is 2.61. The number of aromatic nitrogens is 2. The predicted octanol–water partition coefficient (Wildman–Crippen LogP) is 7.74. The fourth-order valence-corrected chi connectivity index (χ4v) is 10.4. The van der Waals surface area contributed by atoms with E-state index in [1.807, 2.05) is 43.7 Å². The van der Waals surface area contributed by atoms with Crippen molar-refractivity contribution in [1.82, 2.24) is 30.4 Å². The molecule has 2 saturated heterocycles. The molecule has 0 spiro atoms. The van der Waals surface area contributed by atoms with Gasteiger partial charge in [0.2, 0.25) is 11.8 Å². The zero-order chi connectivity index (χ0) is 43.4. The average Bonchev–Trinajstić information content (AvgIpc) is 4.14. The monoisotopic (exact) mass is 841 g/mol. The first-order chi connectivity index (χ1) is 29.9. The Morgan fingerprint density at radius 3 is 2.23 bits per heavy atom. The van der Waals surface area contributed by atoms with E-state index >= 15 is 0 Å². The molecule has 14 nitrogen and oxygen atoms in total. The van der Waals surface area contributed by atoms with Crippen LogP contribution in [0.4, 0.5) is 15.3 Å². The first kappa shape index (κ1) is 41.2. The van der Waals surface area contributed by atoms with Gasteiger partial charge in [-0.2, -0.15) is 0 Å². The number of H-pyrrole nitrogens is 1. The highest BCUT2D eigenvalue weighted by Crippen LogP contribution is 2.47. The number of alkyl carbamates (subject to hydrolysis) is 2. The first-order valence-electron chi connectivity index (χ1n) is 21.9. The molecule has 1 saturated carbocycles. The van der Waals surface area contributed by atoms with Gasteiger partial charge in [0.15, 0.2) is 0 Å². The number of likely N-dealkylation sites (tertiary alicyclic amines) is 2. The second-order valence-electron chi connectivity index (χ2n) is 18.0. The van der Waals surface area contributed by atoms with Crippen molar-refractivity contribution in [3.8, 4) is 39.3 Å². The van der Waals surface area contributed by atoms with Crippen molar-refractivity contribution < 1.29 is 33.4 Å². The standard InChI is InChI=1S/C48H55N7O7/c1-25(2)41(52-47(58)60-5)45(56)54-17-7-8-39(54)44-49-23-38(51-44)29-11-14-34-32(19-29)24-62-40-22-28(10-15-35(34)40)27-12-16-36-31(18-27)21-37(50-36)43-30-9-13-33(20-30)55(43)46(57)42(26(3)4)53-48(59)61-6/h10-12,14-16,18-19,22-23,25-26,30,33,39,41-43H,7-9,13,17,20-21,24H2,1-6H3,(H,49,51)(H,52,58)(H,53,59)/t30-,33+,39-,41-,42-,43-/m0/s1. The van der Waals surface area contributed by atoms with Crippen LogP contribution in [0.25, 0.3) is 33.5 Å². The van der Waals surface area contributed by atoms with Crippen LogP contribution >= 0.6 is 0 Å². The second-order valence-corrected chi connectivity index (χ2v) is 18.0. The molecule has 3 aromatic carbocycles. The maximum atomic E-state index is 14.1. The predicted molar refractivity (Wildman–Crippen MR) is 234 cm³/mol. The van der Waals surface area contributed by atoms with Crippen LogP contribution in [0, 0.1) is 17.8 Å². The van der Waals surface area contributed by atoms with Gasteiger partial charge in [0.25, 0.3) is 0 Å². The third-order valence-corrected chi connectivity index (χ3v) is 13.5. The molecule has 0 radical (unpaired) electrons. The minimum absolute atomic E-state index is 0.0573. The zero-order valence-corrected chi connectivity index (χ0v) is 36.2. The van der Waals surface area contributed by atoms with Gasteiger partial charge >= 0.3 is 12.2 Å². The number of aliphatic imine (C=N–C) groups is 1. The minimum Gasteiger partial charge on any atom is -0.488 e. The van der Waals surface area contributed by atoms with E-state index < -0.39 is 24.3 Å². The number of methoxy groups -OCH3 is 2. The van der Waals surface area contributed by atoms with Crippen molar-refractivity contribution in [1.29, 1.82) is 0 Å². The Kier molecular flexibility index (Phi) is 11.0. The lowest BCUT2D eigenvalue weighted by Gasteiger charge is -2.38. The van der Waals surface area contributed by atoms with Crippen molar-refractivity contribution in [3.63, 3.8) is 0 Å². The number of aromatic amines is 1. The van der Waals surface area contributed by atoms with Gasteiger partial charge in [-0.1, -0.05) is 58.0 Å². The molecular weight excluding hydrogens is 787 g/mol. The van der Waals surface area contributed by atoms with E-state index in [1.165, 1.54) is 14.2 Å². The molecule has 14 heteroatoms. The summed E-state index contributed by atoms with van der Waals surface area (Å²) >= 11 is 0. The molecule has 0 unspecified atom stereocenters. The van der Waals surface area contributed by atoms with Gasteiger partial charge in [0.1, 0.15) is 30.3 Å². The Morgan fingerprint density at radius 2 is 1.48 bits per heavy atom. The van der Waals surface area contributed by atoms with Crippen molar-refractivity contribution in [2.75, 3.05) is 20.8 Å². The van der Waals surface area contributed by atoms with Crippen LogP contribution in [0.1, 0.15) is 82.8 Å². The molecule has 62 heavy (non-hydrogen) atoms. The Balaban J connectivity index is 0.892. The van der Waals surface area contributed by atoms with Gasteiger partial charge in [0, 0.05) is 30.3 Å². The van der Waals surface area contributed by atoms with Crippen LogP contribution < -0.4 is 15.4 Å². The normalized spacial score (nSPS) is 21.8. The fourth-order valence-electron chi connectivity index (χ4n) is 10.4. The number of amides is 4. The van der Waals surface area contributed by atoms with Crippen molar-refractivity contribution in [2.45, 2.75) is 103 Å². The topological polar surface area (TPSA) is 168 Å². The Labute approximate surface area is 361 Å². The Hall–Kier alpha value is -6.18. The molecule has 4 aliphatic heterocycles. The van der Waals surface area contributed by atoms with Crippen LogP contribution in [0.2, 0.25) is 0 Å².